The van der Waals surface area contributed by atoms with E-state index in [1.807, 2.05) is 0 Å². The van der Waals surface area contributed by atoms with Crippen molar-refractivity contribution in [3.63, 3.8) is 0 Å². The normalized spacial score (nSPS) is 19.1. The maximum Gasteiger partial charge on any atom is 0.224 e. The molecule has 1 aromatic carbocycles. The average molecular weight is 289 g/mol. The van der Waals surface area contributed by atoms with E-state index in [-0.39, 0.29) is 11.8 Å². The smallest absolute Gasteiger partial charge is 0.224 e. The molecule has 0 radical (unpaired) electrons. The zero-order chi connectivity index (χ0) is 14.1. The first kappa shape index (κ1) is 13.4. The molecule has 2 N–H and O–H groups in total. The summed E-state index contributed by atoms with van der Waals surface area (Å²) in [6, 6.07) is 4.25. The highest BCUT2D eigenvalue weighted by molar-refractivity contribution is 7.22. The van der Waals surface area contributed by atoms with Gasteiger partial charge in [0, 0.05) is 13.1 Å². The summed E-state index contributed by atoms with van der Waals surface area (Å²) in [5.41, 5.74) is 3.58. The second-order valence-electron chi connectivity index (χ2n) is 5.38. The maximum atomic E-state index is 11.7. The number of aryl methyl sites for hydroxylation is 2. The molecule has 1 amide bonds. The Balaban J connectivity index is 1.74. The lowest BCUT2D eigenvalue weighted by atomic mass is 9.99. The molecule has 0 saturated carbocycles. The Bertz CT molecular complexity index is 650. The van der Waals surface area contributed by atoms with E-state index in [1.165, 1.54) is 15.8 Å². The minimum atomic E-state index is 0.0681. The monoisotopic (exact) mass is 289 g/mol. The molecule has 1 aliphatic rings. The third-order valence-corrected chi connectivity index (χ3v) is 4.96. The molecule has 0 bridgehead atoms. The lowest BCUT2D eigenvalue weighted by molar-refractivity contribution is -0.126. The van der Waals surface area contributed by atoms with Crippen LogP contribution in [0.5, 0.6) is 0 Å². The Hall–Kier alpha value is -1.62. The fourth-order valence-electron chi connectivity index (χ4n) is 2.54. The van der Waals surface area contributed by atoms with Gasteiger partial charge in [-0.05, 0) is 43.9 Å². The standard InChI is InChI=1S/C15H19N3OS/c1-9-5-6-12-13(10(9)2)18-15(20-12)17-8-11-4-3-7-16-14(11)19/h5-6,11H,3-4,7-8H2,1-2H3,(H,16,19)(H,17,18). The number of hydrogen-bond acceptors (Lipinski definition) is 4. The Labute approximate surface area is 122 Å². The average Bonchev–Trinajstić information content (AvgIpc) is 2.86. The van der Waals surface area contributed by atoms with Crippen molar-refractivity contribution in [1.29, 1.82) is 0 Å². The molecular formula is C15H19N3OS. The van der Waals surface area contributed by atoms with Gasteiger partial charge >= 0.3 is 0 Å². The number of hydrogen-bond donors (Lipinski definition) is 2. The summed E-state index contributed by atoms with van der Waals surface area (Å²) >= 11 is 1.66. The molecule has 5 heteroatoms. The molecule has 1 aliphatic heterocycles. The first-order valence-corrected chi connectivity index (χ1v) is 7.85. The van der Waals surface area contributed by atoms with Gasteiger partial charge in [-0.3, -0.25) is 4.79 Å². The van der Waals surface area contributed by atoms with Crippen molar-refractivity contribution < 1.29 is 4.79 Å². The van der Waals surface area contributed by atoms with Crippen molar-refractivity contribution in [2.45, 2.75) is 26.7 Å². The van der Waals surface area contributed by atoms with Crippen molar-refractivity contribution in [1.82, 2.24) is 10.3 Å². The number of nitrogens with zero attached hydrogens (tertiary/aromatic N) is 1. The van der Waals surface area contributed by atoms with Gasteiger partial charge in [-0.25, -0.2) is 4.98 Å². The Morgan fingerprint density at radius 2 is 2.30 bits per heavy atom. The quantitative estimate of drug-likeness (QED) is 0.913. The number of anilines is 1. The molecule has 0 spiro atoms. The van der Waals surface area contributed by atoms with Gasteiger partial charge in [0.2, 0.25) is 5.91 Å². The summed E-state index contributed by atoms with van der Waals surface area (Å²) in [7, 11) is 0. The van der Waals surface area contributed by atoms with E-state index >= 15 is 0 Å². The Kier molecular flexibility index (Phi) is 3.61. The SMILES string of the molecule is Cc1ccc2sc(NCC3CCCNC3=O)nc2c1C. The van der Waals surface area contributed by atoms with Gasteiger partial charge in [0.15, 0.2) is 5.13 Å². The molecule has 106 valence electrons. The summed E-state index contributed by atoms with van der Waals surface area (Å²) in [5.74, 6) is 0.232. The molecule has 1 saturated heterocycles. The summed E-state index contributed by atoms with van der Waals surface area (Å²) in [6.07, 6.45) is 2.03. The van der Waals surface area contributed by atoms with Crippen LogP contribution in [0.3, 0.4) is 0 Å². The van der Waals surface area contributed by atoms with Gasteiger partial charge in [-0.1, -0.05) is 17.4 Å². The molecule has 1 fully saturated rings. The number of carbonyl (C=O) groups is 1. The van der Waals surface area contributed by atoms with Gasteiger partial charge < -0.3 is 10.6 Å². The molecule has 2 aromatic rings. The van der Waals surface area contributed by atoms with Crippen LogP contribution in [0.4, 0.5) is 5.13 Å². The van der Waals surface area contributed by atoms with E-state index < -0.39 is 0 Å². The molecule has 0 aliphatic carbocycles. The Morgan fingerprint density at radius 3 is 3.10 bits per heavy atom. The zero-order valence-electron chi connectivity index (χ0n) is 11.8. The number of fused-ring (bicyclic) bond motifs is 1. The van der Waals surface area contributed by atoms with Crippen LogP contribution in [0.2, 0.25) is 0 Å². The van der Waals surface area contributed by atoms with Crippen molar-refractivity contribution in [3.05, 3.63) is 23.3 Å². The van der Waals surface area contributed by atoms with Crippen LogP contribution in [-0.2, 0) is 4.79 Å². The number of aromatic nitrogens is 1. The number of amides is 1. The number of nitrogens with one attached hydrogen (secondary N) is 2. The highest BCUT2D eigenvalue weighted by atomic mass is 32.1. The largest absolute Gasteiger partial charge is 0.361 e. The second kappa shape index (κ2) is 5.40. The van der Waals surface area contributed by atoms with E-state index in [2.05, 4.69) is 41.6 Å². The number of carbonyl (C=O) groups excluding carboxylic acids is 1. The highest BCUT2D eigenvalue weighted by Gasteiger charge is 2.21. The first-order valence-electron chi connectivity index (χ1n) is 7.03. The van der Waals surface area contributed by atoms with E-state index in [4.69, 9.17) is 0 Å². The number of thiazole rings is 1. The minimum absolute atomic E-state index is 0.0681. The second-order valence-corrected chi connectivity index (χ2v) is 6.41. The Morgan fingerprint density at radius 1 is 1.45 bits per heavy atom. The van der Waals surface area contributed by atoms with Crippen LogP contribution < -0.4 is 10.6 Å². The van der Waals surface area contributed by atoms with Crippen LogP contribution in [0, 0.1) is 19.8 Å². The van der Waals surface area contributed by atoms with E-state index in [9.17, 15) is 4.79 Å². The van der Waals surface area contributed by atoms with Crippen LogP contribution in [0.15, 0.2) is 12.1 Å². The molecule has 1 atom stereocenters. The van der Waals surface area contributed by atoms with Gasteiger partial charge in [0.05, 0.1) is 16.1 Å². The molecule has 1 aromatic heterocycles. The van der Waals surface area contributed by atoms with Crippen molar-refractivity contribution in [2.24, 2.45) is 5.92 Å². The fraction of sp³-hybridized carbons (Fsp3) is 0.467. The summed E-state index contributed by atoms with van der Waals surface area (Å²) < 4.78 is 1.20. The number of piperidine rings is 1. The lowest BCUT2D eigenvalue weighted by Gasteiger charge is -2.21. The molecule has 4 nitrogen and oxygen atoms in total. The molecule has 2 heterocycles. The summed E-state index contributed by atoms with van der Waals surface area (Å²) in [6.45, 7) is 5.70. The van der Waals surface area contributed by atoms with E-state index in [0.717, 1.165) is 30.0 Å². The van der Waals surface area contributed by atoms with Gasteiger partial charge in [-0.2, -0.15) is 0 Å². The first-order chi connectivity index (χ1) is 9.65. The number of benzene rings is 1. The van der Waals surface area contributed by atoms with Gasteiger partial charge in [0.25, 0.3) is 0 Å². The van der Waals surface area contributed by atoms with Crippen molar-refractivity contribution in [3.8, 4) is 0 Å². The topological polar surface area (TPSA) is 54.0 Å². The predicted octanol–water partition coefficient (Wildman–Crippen LogP) is 2.85. The maximum absolute atomic E-state index is 11.7. The third kappa shape index (κ3) is 2.50. The van der Waals surface area contributed by atoms with Crippen LogP contribution in [0.1, 0.15) is 24.0 Å². The minimum Gasteiger partial charge on any atom is -0.361 e. The third-order valence-electron chi connectivity index (χ3n) is 3.98. The fourth-order valence-corrected chi connectivity index (χ4v) is 3.47. The van der Waals surface area contributed by atoms with E-state index in [0.29, 0.717) is 6.54 Å². The van der Waals surface area contributed by atoms with Crippen LogP contribution >= 0.6 is 11.3 Å². The lowest BCUT2D eigenvalue weighted by Crippen LogP contribution is -2.39. The molecule has 20 heavy (non-hydrogen) atoms. The molecular weight excluding hydrogens is 270 g/mol. The van der Waals surface area contributed by atoms with Crippen molar-refractivity contribution in [2.75, 3.05) is 18.4 Å². The molecule has 3 rings (SSSR count). The highest BCUT2D eigenvalue weighted by Crippen LogP contribution is 2.29. The van der Waals surface area contributed by atoms with Crippen molar-refractivity contribution >= 4 is 32.6 Å². The van der Waals surface area contributed by atoms with Crippen LogP contribution in [-0.4, -0.2) is 24.0 Å². The summed E-state index contributed by atoms with van der Waals surface area (Å²) in [4.78, 5) is 16.4. The zero-order valence-corrected chi connectivity index (χ0v) is 12.6. The van der Waals surface area contributed by atoms with Gasteiger partial charge in [-0.15, -0.1) is 0 Å². The molecule has 1 unspecified atom stereocenters. The number of rotatable bonds is 3. The van der Waals surface area contributed by atoms with Gasteiger partial charge in [0.1, 0.15) is 0 Å². The van der Waals surface area contributed by atoms with E-state index in [1.54, 1.807) is 11.3 Å². The predicted molar refractivity (Wildman–Crippen MR) is 83.3 cm³/mol. The van der Waals surface area contributed by atoms with Crippen LogP contribution in [0.25, 0.3) is 10.2 Å². The summed E-state index contributed by atoms with van der Waals surface area (Å²) in [5, 5.41) is 7.15.